The number of hydrogen-bond acceptors (Lipinski definition) is 8. The molecule has 3 heterocycles. The SMILES string of the molecule is CC(C)(C)OC(=O)NC(C(=O)Nc1ccc(-c2ccc3nc(Nc4ccc(C(=O)N5CC(F)C5)cc4OCC(F)(F)F)nn3c2)cc1)c1ccc(F)cc1. The molecule has 6 rings (SSSR count). The number of nitrogens with one attached hydrogen (secondary N) is 3. The lowest BCUT2D eigenvalue weighted by molar-refractivity contribution is -0.153. The lowest BCUT2D eigenvalue weighted by Gasteiger charge is -2.34. The van der Waals surface area contributed by atoms with Gasteiger partial charge in [0, 0.05) is 23.0 Å². The van der Waals surface area contributed by atoms with Crippen LogP contribution in [0.5, 0.6) is 5.75 Å². The first-order valence-electron chi connectivity index (χ1n) is 16.6. The Balaban J connectivity index is 1.16. The number of fused-ring (bicyclic) bond motifs is 1. The van der Waals surface area contributed by atoms with Crippen molar-refractivity contribution in [1.29, 1.82) is 0 Å². The Kier molecular flexibility index (Phi) is 10.4. The van der Waals surface area contributed by atoms with Gasteiger partial charge in [0.05, 0.1) is 18.8 Å². The minimum atomic E-state index is -4.65. The number of carbonyl (C=O) groups is 3. The fraction of sp³-hybridized carbons (Fsp3) is 0.270. The van der Waals surface area contributed by atoms with Crippen LogP contribution in [-0.2, 0) is 9.53 Å². The molecule has 0 radical (unpaired) electrons. The topological polar surface area (TPSA) is 139 Å². The van der Waals surface area contributed by atoms with Gasteiger partial charge in [0.2, 0.25) is 5.95 Å². The first-order chi connectivity index (χ1) is 25.5. The van der Waals surface area contributed by atoms with E-state index in [-0.39, 0.29) is 36.0 Å². The number of hydrogen-bond donors (Lipinski definition) is 3. The lowest BCUT2D eigenvalue weighted by Crippen LogP contribution is -2.51. The summed E-state index contributed by atoms with van der Waals surface area (Å²) in [7, 11) is 0. The third-order valence-electron chi connectivity index (χ3n) is 7.93. The van der Waals surface area contributed by atoms with Crippen LogP contribution in [0.4, 0.5) is 44.1 Å². The zero-order chi connectivity index (χ0) is 38.8. The van der Waals surface area contributed by atoms with E-state index in [0.29, 0.717) is 22.5 Å². The van der Waals surface area contributed by atoms with Crippen LogP contribution in [0.3, 0.4) is 0 Å². The van der Waals surface area contributed by atoms with Gasteiger partial charge in [-0.05, 0) is 86.5 Å². The highest BCUT2D eigenvalue weighted by molar-refractivity contribution is 5.97. The Morgan fingerprint density at radius 3 is 2.26 bits per heavy atom. The number of halogens is 5. The normalized spacial score (nSPS) is 13.9. The van der Waals surface area contributed by atoms with Gasteiger partial charge in [-0.25, -0.2) is 18.1 Å². The Morgan fingerprint density at radius 2 is 1.61 bits per heavy atom. The Hall–Kier alpha value is -6.26. The number of likely N-dealkylation sites (tertiary alicyclic amines) is 1. The van der Waals surface area contributed by atoms with Crippen LogP contribution in [-0.4, -0.2) is 75.1 Å². The highest BCUT2D eigenvalue weighted by Gasteiger charge is 2.33. The number of rotatable bonds is 10. The predicted octanol–water partition coefficient (Wildman–Crippen LogP) is 7.22. The molecule has 1 aliphatic rings. The van der Waals surface area contributed by atoms with Crippen molar-refractivity contribution in [1.82, 2.24) is 24.8 Å². The van der Waals surface area contributed by atoms with Crippen LogP contribution in [0.1, 0.15) is 42.7 Å². The highest BCUT2D eigenvalue weighted by atomic mass is 19.4. The summed E-state index contributed by atoms with van der Waals surface area (Å²) in [5.74, 6) is -1.88. The standard InChI is InChI=1S/C37H34F5N7O5/c1-36(2,3)54-35(52)46-31(22-4-10-25(38)11-5-22)32(50)43-27-12-6-21(7-13-27)24-9-15-30-45-34(47-49(30)17-24)44-28-14-8-23(33(51)48-18-26(39)19-48)16-29(28)53-20-37(40,41)42/h4-17,26,31H,18-20H2,1-3H3,(H,43,50)(H,44,47)(H,46,52). The molecule has 1 saturated heterocycles. The van der Waals surface area contributed by atoms with Gasteiger partial charge in [-0.15, -0.1) is 5.10 Å². The summed E-state index contributed by atoms with van der Waals surface area (Å²) >= 11 is 0. The summed E-state index contributed by atoms with van der Waals surface area (Å²) < 4.78 is 77.8. The van der Waals surface area contributed by atoms with E-state index in [0.717, 1.165) is 11.6 Å². The Labute approximate surface area is 305 Å². The zero-order valence-corrected chi connectivity index (χ0v) is 29.1. The maximum absolute atomic E-state index is 13.6. The molecule has 3 N–H and O–H groups in total. The number of alkyl halides is 4. The summed E-state index contributed by atoms with van der Waals surface area (Å²) in [4.78, 5) is 44.2. The van der Waals surface area contributed by atoms with E-state index >= 15 is 0 Å². The zero-order valence-electron chi connectivity index (χ0n) is 29.1. The van der Waals surface area contributed by atoms with Crippen molar-refractivity contribution >= 4 is 40.9 Å². The summed E-state index contributed by atoms with van der Waals surface area (Å²) in [6, 6.07) is 18.1. The molecule has 0 saturated carbocycles. The van der Waals surface area contributed by atoms with Gasteiger partial charge in [-0.2, -0.15) is 18.2 Å². The number of nitrogens with zero attached hydrogens (tertiary/aromatic N) is 4. The van der Waals surface area contributed by atoms with Crippen molar-refractivity contribution in [3.63, 3.8) is 0 Å². The van der Waals surface area contributed by atoms with Gasteiger partial charge in [-0.1, -0.05) is 24.3 Å². The van der Waals surface area contributed by atoms with E-state index in [1.54, 1.807) is 63.4 Å². The molecule has 1 atom stereocenters. The van der Waals surface area contributed by atoms with Crippen LogP contribution in [0, 0.1) is 5.82 Å². The molecule has 1 fully saturated rings. The van der Waals surface area contributed by atoms with Crippen molar-refractivity contribution in [2.24, 2.45) is 0 Å². The van der Waals surface area contributed by atoms with Gasteiger partial charge in [0.1, 0.15) is 29.4 Å². The average Bonchev–Trinajstić information content (AvgIpc) is 3.50. The minimum Gasteiger partial charge on any atom is -0.482 e. The van der Waals surface area contributed by atoms with E-state index in [1.165, 1.54) is 45.8 Å². The monoisotopic (exact) mass is 751 g/mol. The summed E-state index contributed by atoms with van der Waals surface area (Å²) in [5.41, 5.74) is 1.86. The van der Waals surface area contributed by atoms with E-state index in [2.05, 4.69) is 26.0 Å². The molecule has 3 aromatic carbocycles. The molecule has 17 heteroatoms. The molecule has 1 unspecified atom stereocenters. The lowest BCUT2D eigenvalue weighted by atomic mass is 10.1. The number of ether oxygens (including phenoxy) is 2. The second-order valence-electron chi connectivity index (χ2n) is 13.4. The van der Waals surface area contributed by atoms with E-state index < -0.39 is 54.3 Å². The van der Waals surface area contributed by atoms with Gasteiger partial charge in [0.25, 0.3) is 11.8 Å². The average molecular weight is 752 g/mol. The Bertz CT molecular complexity index is 2160. The minimum absolute atomic E-state index is 0.0276. The second kappa shape index (κ2) is 15.0. The van der Waals surface area contributed by atoms with Crippen LogP contribution in [0.2, 0.25) is 0 Å². The maximum Gasteiger partial charge on any atom is 0.422 e. The maximum atomic E-state index is 13.6. The molecule has 3 amide bonds. The summed E-state index contributed by atoms with van der Waals surface area (Å²) in [6.45, 7) is 3.23. The van der Waals surface area contributed by atoms with Crippen LogP contribution < -0.4 is 20.7 Å². The molecule has 12 nitrogen and oxygen atoms in total. The number of pyridine rings is 1. The fourth-order valence-corrected chi connectivity index (χ4v) is 5.38. The molecule has 0 bridgehead atoms. The molecular weight excluding hydrogens is 717 g/mol. The van der Waals surface area contributed by atoms with Crippen LogP contribution in [0.15, 0.2) is 85.1 Å². The summed E-state index contributed by atoms with van der Waals surface area (Å²) in [6.07, 6.45) is -4.95. The molecule has 282 valence electrons. The van der Waals surface area contributed by atoms with E-state index in [4.69, 9.17) is 9.47 Å². The van der Waals surface area contributed by atoms with Crippen molar-refractivity contribution in [2.75, 3.05) is 30.3 Å². The number of benzene rings is 3. The molecule has 5 aromatic rings. The molecule has 0 spiro atoms. The van der Waals surface area contributed by atoms with Gasteiger partial charge in [-0.3, -0.25) is 9.59 Å². The van der Waals surface area contributed by atoms with Crippen molar-refractivity contribution in [3.05, 3.63) is 102 Å². The van der Waals surface area contributed by atoms with Gasteiger partial charge < -0.3 is 30.3 Å². The second-order valence-corrected chi connectivity index (χ2v) is 13.4. The number of alkyl carbamates (subject to hydrolysis) is 1. The number of aromatic nitrogens is 3. The van der Waals surface area contributed by atoms with Gasteiger partial charge in [0.15, 0.2) is 12.3 Å². The quantitative estimate of drug-likeness (QED) is 0.127. The van der Waals surface area contributed by atoms with Crippen LogP contribution in [0.25, 0.3) is 16.8 Å². The van der Waals surface area contributed by atoms with Crippen LogP contribution >= 0.6 is 0 Å². The third kappa shape index (κ3) is 9.39. The molecular formula is C37H34F5N7O5. The van der Waals surface area contributed by atoms with Gasteiger partial charge >= 0.3 is 12.3 Å². The molecule has 2 aromatic heterocycles. The fourth-order valence-electron chi connectivity index (χ4n) is 5.38. The number of anilines is 3. The first kappa shape index (κ1) is 37.5. The summed E-state index contributed by atoms with van der Waals surface area (Å²) in [5, 5.41) is 12.5. The number of amides is 3. The molecule has 0 aliphatic carbocycles. The first-order valence-corrected chi connectivity index (χ1v) is 16.6. The van der Waals surface area contributed by atoms with Crippen molar-refractivity contribution in [2.45, 2.75) is 44.8 Å². The third-order valence-corrected chi connectivity index (χ3v) is 7.93. The molecule has 1 aliphatic heterocycles. The van der Waals surface area contributed by atoms with E-state index in [1.807, 2.05) is 0 Å². The van der Waals surface area contributed by atoms with Crippen molar-refractivity contribution < 1.29 is 45.8 Å². The smallest absolute Gasteiger partial charge is 0.422 e. The van der Waals surface area contributed by atoms with E-state index in [9.17, 15) is 36.3 Å². The van der Waals surface area contributed by atoms with Crippen molar-refractivity contribution in [3.8, 4) is 16.9 Å². The number of carbonyl (C=O) groups excluding carboxylic acids is 3. The highest BCUT2D eigenvalue weighted by Crippen LogP contribution is 2.32. The largest absolute Gasteiger partial charge is 0.482 e. The predicted molar refractivity (Wildman–Crippen MR) is 188 cm³/mol. The molecule has 54 heavy (non-hydrogen) atoms. The Morgan fingerprint density at radius 1 is 0.926 bits per heavy atom.